The zero-order valence-electron chi connectivity index (χ0n) is 20.6. The fourth-order valence-electron chi connectivity index (χ4n) is 1.18. The molecule has 0 bridgehead atoms. The Morgan fingerprint density at radius 2 is 0.865 bits per heavy atom. The van der Waals surface area contributed by atoms with Crippen LogP contribution in [0.1, 0.15) is 13.3 Å². The molecule has 21 heteroatoms. The fourth-order valence-corrected chi connectivity index (χ4v) is 4.42. The van der Waals surface area contributed by atoms with Gasteiger partial charge in [0.2, 0.25) is 0 Å². The highest BCUT2D eigenvalue weighted by molar-refractivity contribution is 8.20. The number of carbonyl (C=O) groups is 5. The normalized spacial score (nSPS) is 9.22. The quantitative estimate of drug-likeness (QED) is 0.170. The second kappa shape index (κ2) is 31.7. The third kappa shape index (κ3) is 45.8. The van der Waals surface area contributed by atoms with Gasteiger partial charge < -0.3 is 28.2 Å². The van der Waals surface area contributed by atoms with Gasteiger partial charge in [-0.1, -0.05) is 63.1 Å². The maximum Gasteiger partial charge on any atom is 0.314 e. The van der Waals surface area contributed by atoms with Crippen LogP contribution in [0, 0.1) is 9.93 Å². The van der Waals surface area contributed by atoms with E-state index < -0.39 is 55.9 Å². The number of hydrogen-bond acceptors (Lipinski definition) is 13. The van der Waals surface area contributed by atoms with Crippen molar-refractivity contribution < 1.29 is 52.2 Å². The van der Waals surface area contributed by atoms with Crippen molar-refractivity contribution in [2.75, 3.05) is 60.2 Å². The summed E-state index contributed by atoms with van der Waals surface area (Å²) in [5.41, 5.74) is 0. The molecular weight excluding hydrogens is 670 g/mol. The molecule has 0 unspecified atom stereocenters. The van der Waals surface area contributed by atoms with Gasteiger partial charge in [0.05, 0.1) is 47.9 Å². The minimum atomic E-state index is -3.31. The van der Waals surface area contributed by atoms with E-state index in [2.05, 4.69) is 23.7 Å². The molecule has 0 rings (SSSR count). The van der Waals surface area contributed by atoms with Gasteiger partial charge in [-0.3, -0.25) is 24.0 Å². The predicted octanol–water partition coefficient (Wildman–Crippen LogP) is 5.38. The molecule has 0 heterocycles. The first-order valence-electron chi connectivity index (χ1n) is 9.02. The summed E-state index contributed by atoms with van der Waals surface area (Å²) in [5, 5.41) is 0. The largest absolute Gasteiger partial charge is 0.469 e. The maximum atomic E-state index is 11.3. The molecule has 0 aliphatic heterocycles. The smallest absolute Gasteiger partial charge is 0.314 e. The second-order valence-corrected chi connectivity index (χ2v) is 17.3. The van der Waals surface area contributed by atoms with E-state index in [1.54, 1.807) is 6.92 Å². The number of ether oxygens (including phenoxy) is 5. The van der Waals surface area contributed by atoms with Crippen molar-refractivity contribution in [3.05, 3.63) is 9.93 Å². The van der Waals surface area contributed by atoms with Gasteiger partial charge in [-0.15, -0.1) is 0 Å². The lowest BCUT2D eigenvalue weighted by molar-refractivity contribution is -0.140. The van der Waals surface area contributed by atoms with Crippen molar-refractivity contribution in [2.45, 2.75) is 13.3 Å². The van der Waals surface area contributed by atoms with Gasteiger partial charge in [-0.2, -0.15) is 0 Å². The highest BCUT2D eigenvalue weighted by Crippen LogP contribution is 2.51. The molecule has 220 valence electrons. The van der Waals surface area contributed by atoms with Crippen LogP contribution in [-0.4, -0.2) is 90.0 Å². The Morgan fingerprint density at radius 3 is 1.03 bits per heavy atom. The van der Waals surface area contributed by atoms with E-state index in [1.165, 1.54) is 21.3 Å². The number of esters is 5. The summed E-state index contributed by atoms with van der Waals surface area (Å²) in [7, 11) is 5.09. The summed E-state index contributed by atoms with van der Waals surface area (Å²) in [5.74, 6) is -3.58. The van der Waals surface area contributed by atoms with E-state index in [-0.39, 0.29) is 18.3 Å². The molecule has 37 heavy (non-hydrogen) atoms. The predicted molar refractivity (Wildman–Crippen MR) is 147 cm³/mol. The van der Waals surface area contributed by atoms with Gasteiger partial charge in [0.25, 0.3) is 0 Å². The van der Waals surface area contributed by atoms with E-state index in [1.807, 2.05) is 0 Å². The molecule has 0 aromatic carbocycles. The van der Waals surface area contributed by atoms with Crippen LogP contribution in [0.15, 0.2) is 0 Å². The van der Waals surface area contributed by atoms with Crippen LogP contribution in [-0.2, 0) is 52.2 Å². The lowest BCUT2D eigenvalue weighted by Gasteiger charge is -2.06. The Hall–Kier alpha value is -0.510. The molecule has 13 nitrogen and oxygen atoms in total. The van der Waals surface area contributed by atoms with Gasteiger partial charge in [-0.25, -0.2) is 0 Å². The Labute approximate surface area is 240 Å². The van der Waals surface area contributed by atoms with Crippen molar-refractivity contribution in [2.24, 2.45) is 0 Å². The first kappa shape index (κ1) is 46.3. The van der Waals surface area contributed by atoms with Crippen molar-refractivity contribution in [3.63, 3.8) is 0 Å². The van der Waals surface area contributed by atoms with Gasteiger partial charge in [0.15, 0.2) is 12.5 Å². The molecule has 0 aromatic rings. The molecule has 0 N–H and O–H groups in total. The molecule has 0 saturated carbocycles. The maximum absolute atomic E-state index is 11.3. The van der Waals surface area contributed by atoms with E-state index in [0.717, 1.165) is 14.2 Å². The first-order chi connectivity index (χ1) is 17.0. The molecule has 0 amide bonds. The van der Waals surface area contributed by atoms with Crippen LogP contribution in [0.4, 0.5) is 0 Å². The van der Waals surface area contributed by atoms with Crippen LogP contribution in [0.3, 0.4) is 0 Å². The summed E-state index contributed by atoms with van der Waals surface area (Å²) in [6.45, 7) is -1.56. The van der Waals surface area contributed by atoms with E-state index >= 15 is 0 Å². The number of hydrogen-bond donors (Lipinski definition) is 0. The number of halogens is 5. The lowest BCUT2D eigenvalue weighted by Crippen LogP contribution is -2.12. The summed E-state index contributed by atoms with van der Waals surface area (Å²) < 4.78 is 32.8. The number of methoxy groups -OCH3 is 5. The molecule has 0 atom stereocenters. The third-order valence-corrected chi connectivity index (χ3v) is 6.86. The Kier molecular flexibility index (Phi) is 39.7. The topological polar surface area (TPSA) is 183 Å². The number of rotatable bonds is 9. The summed E-state index contributed by atoms with van der Waals surface area (Å²) >= 11 is 25.7. The molecule has 0 radical (unpaired) electrons. The summed E-state index contributed by atoms with van der Waals surface area (Å²) in [6.07, 6.45) is -0.276. The van der Waals surface area contributed by atoms with E-state index in [0.29, 0.717) is 6.42 Å². The van der Waals surface area contributed by atoms with Crippen LogP contribution in [0.5, 0.6) is 0 Å². The third-order valence-electron chi connectivity index (χ3n) is 2.76. The highest BCUT2D eigenvalue weighted by Gasteiger charge is 2.27. The summed E-state index contributed by atoms with van der Waals surface area (Å²) in [6, 6.07) is 0. The van der Waals surface area contributed by atoms with Crippen LogP contribution < -0.4 is 0 Å². The first-order valence-corrected chi connectivity index (χ1v) is 18.7. The van der Waals surface area contributed by atoms with Crippen LogP contribution >= 0.6 is 76.0 Å². The average Bonchev–Trinajstić information content (AvgIpc) is 2.83. The minimum Gasteiger partial charge on any atom is -0.469 e. The van der Waals surface area contributed by atoms with E-state index in [4.69, 9.17) is 66.1 Å². The Bertz CT molecular complexity index is 652. The SMILES string of the molecule is CCC(=O)OC.COC(=O)CP(=O)(Cl)CC(=O)OC.COC(=O)CP(Cl)CC(=O)OC.ClP(Cl)Cl.O=O. The van der Waals surface area contributed by atoms with Crippen molar-refractivity contribution in [3.8, 4) is 0 Å². The van der Waals surface area contributed by atoms with Crippen LogP contribution in [0.25, 0.3) is 0 Å². The average molecular weight is 699 g/mol. The highest BCUT2D eigenvalue weighted by atomic mass is 36.0. The minimum absolute atomic E-state index is 0.0858. The van der Waals surface area contributed by atoms with Crippen LogP contribution in [0.2, 0.25) is 0 Å². The van der Waals surface area contributed by atoms with Crippen molar-refractivity contribution in [1.82, 2.24) is 0 Å². The van der Waals surface area contributed by atoms with Crippen molar-refractivity contribution in [1.29, 1.82) is 0 Å². The van der Waals surface area contributed by atoms with E-state index in [9.17, 15) is 28.5 Å². The molecule has 0 saturated heterocycles. The molecule has 0 aromatic heterocycles. The molecular formula is C16H28Cl5O13P3. The monoisotopic (exact) mass is 696 g/mol. The molecule has 0 aliphatic rings. The van der Waals surface area contributed by atoms with Gasteiger partial charge in [0, 0.05) is 23.6 Å². The standard InChI is InChI=1S/C6H10ClO5P.C6H10ClO4P.C4H8O2.Cl3P.O2/c1-11-5(8)3-13(7,10)4-6(9)12-2;1-10-5(8)3-12(7)4-6(9)11-2;1-3-4(5)6-2;1-4(2)3;1-2/h3-4H2,1-2H3;3-4H2,1-2H3;3H2,1-2H3;;. The second-order valence-electron chi connectivity index (χ2n) is 5.31. The van der Waals surface area contributed by atoms with Crippen molar-refractivity contribution >= 4 is 106 Å². The van der Waals surface area contributed by atoms with Gasteiger partial charge in [-0.05, 0) is 0 Å². The lowest BCUT2D eigenvalue weighted by atomic mass is 10.5. The molecule has 0 spiro atoms. The fraction of sp³-hybridized carbons (Fsp3) is 0.688. The van der Waals surface area contributed by atoms with Gasteiger partial charge in [0.1, 0.15) is 12.3 Å². The van der Waals surface area contributed by atoms with Gasteiger partial charge >= 0.3 is 29.8 Å². The Morgan fingerprint density at radius 1 is 0.622 bits per heavy atom. The zero-order valence-corrected chi connectivity index (χ0v) is 27.0. The molecule has 0 aliphatic carbocycles. The number of carbonyl (C=O) groups excluding carboxylic acids is 5. The Balaban J connectivity index is -0.000000130. The zero-order chi connectivity index (χ0) is 30.6. The molecule has 0 fully saturated rings. The summed E-state index contributed by atoms with van der Waals surface area (Å²) in [4.78, 5) is 66.6.